The quantitative estimate of drug-likeness (QED) is 0.785. The largest absolute Gasteiger partial charge is 0.459 e. The third kappa shape index (κ3) is 2.54. The Balaban J connectivity index is 2.02. The van der Waals surface area contributed by atoms with Crippen LogP contribution in [0.4, 0.5) is 5.82 Å². The molecule has 3 aromatic rings. The second kappa shape index (κ2) is 5.28. The number of aromatic nitrogens is 2. The fourth-order valence-corrected chi connectivity index (χ4v) is 3.45. The Morgan fingerprint density at radius 1 is 1.45 bits per heavy atom. The zero-order chi connectivity index (χ0) is 15.9. The van der Waals surface area contributed by atoms with Gasteiger partial charge in [-0.05, 0) is 30.5 Å². The number of carbonyl (C=O) groups excluding carboxylic acids is 1. The predicted molar refractivity (Wildman–Crippen MR) is 88.6 cm³/mol. The van der Waals surface area contributed by atoms with Crippen molar-refractivity contribution >= 4 is 33.3 Å². The lowest BCUT2D eigenvalue weighted by Gasteiger charge is -2.15. The second-order valence-electron chi connectivity index (χ2n) is 6.18. The first-order valence-electron chi connectivity index (χ1n) is 7.26. The van der Waals surface area contributed by atoms with Gasteiger partial charge in [-0.15, -0.1) is 11.3 Å². The summed E-state index contributed by atoms with van der Waals surface area (Å²) in [4.78, 5) is 14.5. The summed E-state index contributed by atoms with van der Waals surface area (Å²) in [6.07, 6.45) is 1.48. The standard InChI is InChI=1S/C16H19N3O2S/c1-5-19-15-10(9-12(22-15)16(2,3)4)13(18-19)17-14(20)11-7-6-8-21-11/h6-9H,5H2,1-4H3,(H,17,18,20). The minimum atomic E-state index is -0.281. The zero-order valence-electron chi connectivity index (χ0n) is 13.1. The van der Waals surface area contributed by atoms with Crippen molar-refractivity contribution in [3.63, 3.8) is 0 Å². The molecule has 0 radical (unpaired) electrons. The lowest BCUT2D eigenvalue weighted by molar-refractivity contribution is 0.0996. The summed E-state index contributed by atoms with van der Waals surface area (Å²) in [5.41, 5.74) is 0.0740. The molecular formula is C16H19N3O2S. The Morgan fingerprint density at radius 3 is 2.82 bits per heavy atom. The molecule has 1 amide bonds. The normalized spacial score (nSPS) is 12.0. The van der Waals surface area contributed by atoms with E-state index in [4.69, 9.17) is 4.42 Å². The number of thiophene rings is 1. The number of hydrogen-bond acceptors (Lipinski definition) is 4. The van der Waals surface area contributed by atoms with Crippen molar-refractivity contribution in [2.24, 2.45) is 0 Å². The van der Waals surface area contributed by atoms with E-state index in [0.29, 0.717) is 5.82 Å². The Bertz CT molecular complexity index is 807. The summed E-state index contributed by atoms with van der Waals surface area (Å²) < 4.78 is 7.05. The zero-order valence-corrected chi connectivity index (χ0v) is 14.0. The van der Waals surface area contributed by atoms with Crippen molar-refractivity contribution in [2.75, 3.05) is 5.32 Å². The van der Waals surface area contributed by atoms with E-state index in [0.717, 1.165) is 16.8 Å². The highest BCUT2D eigenvalue weighted by Gasteiger charge is 2.22. The third-order valence-electron chi connectivity index (χ3n) is 3.44. The molecule has 0 bridgehead atoms. The molecule has 0 aromatic carbocycles. The van der Waals surface area contributed by atoms with Crippen LogP contribution in [0.2, 0.25) is 0 Å². The van der Waals surface area contributed by atoms with Gasteiger partial charge in [0, 0.05) is 11.4 Å². The number of carbonyl (C=O) groups is 1. The third-order valence-corrected chi connectivity index (χ3v) is 5.01. The smallest absolute Gasteiger partial charge is 0.292 e. The van der Waals surface area contributed by atoms with Crippen LogP contribution >= 0.6 is 11.3 Å². The van der Waals surface area contributed by atoms with Crippen LogP contribution in [0, 0.1) is 0 Å². The summed E-state index contributed by atoms with van der Waals surface area (Å²) in [6.45, 7) is 9.35. The highest BCUT2D eigenvalue weighted by Crippen LogP contribution is 2.37. The fourth-order valence-electron chi connectivity index (χ4n) is 2.22. The van der Waals surface area contributed by atoms with Gasteiger partial charge in [-0.3, -0.25) is 9.48 Å². The van der Waals surface area contributed by atoms with Gasteiger partial charge in [0.25, 0.3) is 5.91 Å². The van der Waals surface area contributed by atoms with Crippen molar-refractivity contribution in [3.8, 4) is 0 Å². The highest BCUT2D eigenvalue weighted by molar-refractivity contribution is 7.19. The van der Waals surface area contributed by atoms with Crippen molar-refractivity contribution in [1.29, 1.82) is 0 Å². The van der Waals surface area contributed by atoms with E-state index in [2.05, 4.69) is 37.3 Å². The van der Waals surface area contributed by atoms with Gasteiger partial charge in [0.05, 0.1) is 11.6 Å². The number of fused-ring (bicyclic) bond motifs is 1. The summed E-state index contributed by atoms with van der Waals surface area (Å²) >= 11 is 1.73. The fraction of sp³-hybridized carbons (Fsp3) is 0.375. The van der Waals surface area contributed by atoms with Crippen LogP contribution in [0.25, 0.3) is 10.2 Å². The Labute approximate surface area is 132 Å². The van der Waals surface area contributed by atoms with Crippen molar-refractivity contribution < 1.29 is 9.21 Å². The highest BCUT2D eigenvalue weighted by atomic mass is 32.1. The topological polar surface area (TPSA) is 60.1 Å². The predicted octanol–water partition coefficient (Wildman–Crippen LogP) is 4.26. The van der Waals surface area contributed by atoms with Gasteiger partial charge < -0.3 is 9.73 Å². The number of aryl methyl sites for hydroxylation is 1. The molecule has 0 atom stereocenters. The van der Waals surface area contributed by atoms with Crippen LogP contribution in [-0.2, 0) is 12.0 Å². The maximum atomic E-state index is 12.2. The van der Waals surface area contributed by atoms with Crippen LogP contribution in [-0.4, -0.2) is 15.7 Å². The maximum absolute atomic E-state index is 12.2. The minimum absolute atomic E-state index is 0.0740. The number of amides is 1. The Morgan fingerprint density at radius 2 is 2.23 bits per heavy atom. The first kappa shape index (κ1) is 14.8. The van der Waals surface area contributed by atoms with E-state index in [9.17, 15) is 4.79 Å². The molecule has 0 fully saturated rings. The number of hydrogen-bond donors (Lipinski definition) is 1. The molecule has 6 heteroatoms. The summed E-state index contributed by atoms with van der Waals surface area (Å²) in [7, 11) is 0. The maximum Gasteiger partial charge on any atom is 0.292 e. The monoisotopic (exact) mass is 317 g/mol. The molecular weight excluding hydrogens is 298 g/mol. The summed E-state index contributed by atoms with van der Waals surface area (Å²) in [5.74, 6) is 0.589. The lowest BCUT2D eigenvalue weighted by Crippen LogP contribution is -2.12. The van der Waals surface area contributed by atoms with Gasteiger partial charge >= 0.3 is 0 Å². The molecule has 0 aliphatic carbocycles. The van der Waals surface area contributed by atoms with Crippen LogP contribution < -0.4 is 5.32 Å². The van der Waals surface area contributed by atoms with Gasteiger partial charge in [-0.2, -0.15) is 5.10 Å². The molecule has 3 aromatic heterocycles. The summed E-state index contributed by atoms with van der Waals surface area (Å²) in [6, 6.07) is 5.45. The molecule has 0 saturated carbocycles. The van der Waals surface area contributed by atoms with E-state index < -0.39 is 0 Å². The molecule has 3 heterocycles. The SMILES string of the molecule is CCn1nc(NC(=O)c2ccco2)c2cc(C(C)(C)C)sc21. The Kier molecular flexibility index (Phi) is 3.56. The Hall–Kier alpha value is -2.08. The number of nitrogens with zero attached hydrogens (tertiary/aromatic N) is 2. The first-order valence-corrected chi connectivity index (χ1v) is 8.07. The van der Waals surface area contributed by atoms with E-state index in [-0.39, 0.29) is 17.1 Å². The molecule has 3 rings (SSSR count). The van der Waals surface area contributed by atoms with E-state index >= 15 is 0 Å². The van der Waals surface area contributed by atoms with Crippen LogP contribution in [0.3, 0.4) is 0 Å². The van der Waals surface area contributed by atoms with Gasteiger partial charge in [0.1, 0.15) is 4.83 Å². The first-order chi connectivity index (χ1) is 10.4. The molecule has 0 aliphatic heterocycles. The molecule has 116 valence electrons. The minimum Gasteiger partial charge on any atom is -0.459 e. The molecule has 5 nitrogen and oxygen atoms in total. The van der Waals surface area contributed by atoms with Crippen LogP contribution in [0.5, 0.6) is 0 Å². The van der Waals surface area contributed by atoms with Crippen LogP contribution in [0.15, 0.2) is 28.9 Å². The van der Waals surface area contributed by atoms with Crippen molar-refractivity contribution in [3.05, 3.63) is 35.1 Å². The average molecular weight is 317 g/mol. The van der Waals surface area contributed by atoms with Gasteiger partial charge in [0.2, 0.25) is 0 Å². The molecule has 0 unspecified atom stereocenters. The van der Waals surface area contributed by atoms with Gasteiger partial charge in [-0.1, -0.05) is 20.8 Å². The number of rotatable bonds is 3. The molecule has 22 heavy (non-hydrogen) atoms. The average Bonchev–Trinajstić information content (AvgIpc) is 3.15. The lowest BCUT2D eigenvalue weighted by atomic mass is 9.94. The van der Waals surface area contributed by atoms with Crippen molar-refractivity contribution in [2.45, 2.75) is 39.7 Å². The van der Waals surface area contributed by atoms with Crippen molar-refractivity contribution in [1.82, 2.24) is 9.78 Å². The van der Waals surface area contributed by atoms with E-state index in [1.165, 1.54) is 11.1 Å². The van der Waals surface area contributed by atoms with E-state index in [1.807, 2.05) is 11.6 Å². The summed E-state index contributed by atoms with van der Waals surface area (Å²) in [5, 5.41) is 8.33. The van der Waals surface area contributed by atoms with Crippen LogP contribution in [0.1, 0.15) is 43.1 Å². The second-order valence-corrected chi connectivity index (χ2v) is 7.21. The molecule has 0 aliphatic rings. The molecule has 0 spiro atoms. The number of anilines is 1. The molecule has 0 saturated heterocycles. The van der Waals surface area contributed by atoms with Gasteiger partial charge in [-0.25, -0.2) is 0 Å². The van der Waals surface area contributed by atoms with E-state index in [1.54, 1.807) is 23.5 Å². The number of furan rings is 1. The molecule has 1 N–H and O–H groups in total. The number of nitrogens with one attached hydrogen (secondary N) is 1. The van der Waals surface area contributed by atoms with Gasteiger partial charge in [0.15, 0.2) is 11.6 Å².